The molecule has 3 nitrogen and oxygen atoms in total. The lowest BCUT2D eigenvalue weighted by atomic mass is 9.84. The van der Waals surface area contributed by atoms with Gasteiger partial charge in [0.2, 0.25) is 0 Å². The third kappa shape index (κ3) is 5.60. The molecule has 0 saturated heterocycles. The van der Waals surface area contributed by atoms with Gasteiger partial charge < -0.3 is 0 Å². The van der Waals surface area contributed by atoms with Crippen LogP contribution >= 0.6 is 0 Å². The molecule has 10 aromatic rings. The molecular weight excluding hydrogens is 655 g/mol. The van der Waals surface area contributed by atoms with Crippen molar-refractivity contribution in [2.75, 3.05) is 0 Å². The number of nitrogens with zero attached hydrogens (tertiary/aromatic N) is 3. The van der Waals surface area contributed by atoms with Gasteiger partial charge in [0.1, 0.15) is 0 Å². The van der Waals surface area contributed by atoms with Crippen LogP contribution in [-0.4, -0.2) is 15.0 Å². The zero-order valence-electron chi connectivity index (χ0n) is 29.4. The van der Waals surface area contributed by atoms with E-state index >= 15 is 0 Å². The molecule has 0 aliphatic heterocycles. The fourth-order valence-electron chi connectivity index (χ4n) is 7.78. The summed E-state index contributed by atoms with van der Waals surface area (Å²) in [6, 6.07) is 70.6. The minimum absolute atomic E-state index is 0.636. The van der Waals surface area contributed by atoms with Gasteiger partial charge in [-0.3, -0.25) is 0 Å². The highest BCUT2D eigenvalue weighted by atomic mass is 15.0. The van der Waals surface area contributed by atoms with E-state index in [0.29, 0.717) is 17.5 Å². The number of hydrogen-bond donors (Lipinski definition) is 0. The lowest BCUT2D eigenvalue weighted by Gasteiger charge is -2.19. The third-order valence-electron chi connectivity index (χ3n) is 10.3. The van der Waals surface area contributed by atoms with Crippen LogP contribution in [0.5, 0.6) is 0 Å². The van der Waals surface area contributed by atoms with Crippen LogP contribution in [-0.2, 0) is 0 Å². The fraction of sp³-hybridized carbons (Fsp3) is 0. The molecular formula is C51H33N3. The van der Waals surface area contributed by atoms with Gasteiger partial charge in [0, 0.05) is 16.7 Å². The first-order valence-electron chi connectivity index (χ1n) is 18.3. The second-order valence-corrected chi connectivity index (χ2v) is 13.6. The Morgan fingerprint density at radius 3 is 1.28 bits per heavy atom. The summed E-state index contributed by atoms with van der Waals surface area (Å²) < 4.78 is 0. The van der Waals surface area contributed by atoms with Gasteiger partial charge in [0.05, 0.1) is 0 Å². The first-order chi connectivity index (χ1) is 26.8. The van der Waals surface area contributed by atoms with Crippen molar-refractivity contribution in [1.82, 2.24) is 15.0 Å². The monoisotopic (exact) mass is 687 g/mol. The molecule has 252 valence electrons. The second-order valence-electron chi connectivity index (χ2n) is 13.6. The van der Waals surface area contributed by atoms with Gasteiger partial charge in [-0.25, -0.2) is 15.0 Å². The molecule has 3 heteroatoms. The Labute approximate surface area is 313 Å². The zero-order chi connectivity index (χ0) is 35.8. The third-order valence-corrected chi connectivity index (χ3v) is 10.3. The molecule has 0 fully saturated rings. The van der Waals surface area contributed by atoms with Gasteiger partial charge in [0.15, 0.2) is 17.5 Å². The molecule has 0 saturated carbocycles. The van der Waals surface area contributed by atoms with E-state index in [1.165, 1.54) is 49.0 Å². The molecule has 0 aliphatic rings. The van der Waals surface area contributed by atoms with E-state index in [4.69, 9.17) is 15.0 Å². The smallest absolute Gasteiger partial charge is 0.164 e. The summed E-state index contributed by atoms with van der Waals surface area (Å²) >= 11 is 0. The predicted octanol–water partition coefficient (Wildman–Crippen LogP) is 13.3. The molecule has 0 N–H and O–H groups in total. The van der Waals surface area contributed by atoms with Crippen molar-refractivity contribution < 1.29 is 0 Å². The van der Waals surface area contributed by atoms with E-state index in [-0.39, 0.29) is 0 Å². The van der Waals surface area contributed by atoms with Gasteiger partial charge in [-0.1, -0.05) is 194 Å². The summed E-state index contributed by atoms with van der Waals surface area (Å²) in [5.41, 5.74) is 9.96. The lowest BCUT2D eigenvalue weighted by molar-refractivity contribution is 1.07. The quantitative estimate of drug-likeness (QED) is 0.163. The fourth-order valence-corrected chi connectivity index (χ4v) is 7.78. The molecule has 54 heavy (non-hydrogen) atoms. The van der Waals surface area contributed by atoms with Gasteiger partial charge in [-0.15, -0.1) is 0 Å². The summed E-state index contributed by atoms with van der Waals surface area (Å²) in [5, 5.41) is 7.41. The maximum Gasteiger partial charge on any atom is 0.164 e. The average molecular weight is 688 g/mol. The van der Waals surface area contributed by atoms with E-state index in [1.54, 1.807) is 0 Å². The number of aromatic nitrogens is 3. The molecule has 9 aromatic carbocycles. The minimum atomic E-state index is 0.636. The molecule has 10 rings (SSSR count). The van der Waals surface area contributed by atoms with Crippen molar-refractivity contribution >= 4 is 32.3 Å². The number of hydrogen-bond acceptors (Lipinski definition) is 3. The molecule has 0 unspecified atom stereocenters. The average Bonchev–Trinajstić information content (AvgIpc) is 3.26. The number of fused-ring (bicyclic) bond motifs is 3. The maximum atomic E-state index is 5.08. The summed E-state index contributed by atoms with van der Waals surface area (Å²) in [4.78, 5) is 15.1. The molecule has 0 aliphatic carbocycles. The first kappa shape index (κ1) is 31.5. The van der Waals surface area contributed by atoms with Crippen LogP contribution in [0.25, 0.3) is 99.9 Å². The maximum absolute atomic E-state index is 5.08. The van der Waals surface area contributed by atoms with Crippen molar-refractivity contribution in [2.24, 2.45) is 0 Å². The SMILES string of the molecule is c1ccc(-c2cccc(-c3nc(-c4ccccc4)nc(-c4ccc(-c5c6ccccc6c(-c6cccc7ccccc67)c6ccccc56)cc4)n3)c2)cc1. The van der Waals surface area contributed by atoms with Crippen LogP contribution in [0.15, 0.2) is 200 Å². The Bertz CT molecular complexity index is 2910. The summed E-state index contributed by atoms with van der Waals surface area (Å²) in [6.45, 7) is 0. The lowest BCUT2D eigenvalue weighted by Crippen LogP contribution is -2.00. The van der Waals surface area contributed by atoms with Crippen molar-refractivity contribution in [3.8, 4) is 67.5 Å². The highest BCUT2D eigenvalue weighted by molar-refractivity contribution is 6.23. The molecule has 0 atom stereocenters. The Kier molecular flexibility index (Phi) is 7.81. The zero-order valence-corrected chi connectivity index (χ0v) is 29.4. The van der Waals surface area contributed by atoms with Crippen LogP contribution in [0.1, 0.15) is 0 Å². The van der Waals surface area contributed by atoms with E-state index in [2.05, 4.69) is 164 Å². The number of benzene rings is 9. The normalized spacial score (nSPS) is 11.3. The molecule has 0 bridgehead atoms. The van der Waals surface area contributed by atoms with Crippen molar-refractivity contribution in [1.29, 1.82) is 0 Å². The molecule has 0 radical (unpaired) electrons. The Hall–Kier alpha value is -7.23. The first-order valence-corrected chi connectivity index (χ1v) is 18.3. The topological polar surface area (TPSA) is 38.7 Å². The molecule has 0 amide bonds. The van der Waals surface area contributed by atoms with Gasteiger partial charge in [-0.05, 0) is 71.8 Å². The summed E-state index contributed by atoms with van der Waals surface area (Å²) in [6.07, 6.45) is 0. The predicted molar refractivity (Wildman–Crippen MR) is 225 cm³/mol. The Balaban J connectivity index is 1.12. The van der Waals surface area contributed by atoms with E-state index in [9.17, 15) is 0 Å². The van der Waals surface area contributed by atoms with Gasteiger partial charge in [-0.2, -0.15) is 0 Å². The van der Waals surface area contributed by atoms with Crippen LogP contribution in [0.4, 0.5) is 0 Å². The molecule has 0 spiro atoms. The van der Waals surface area contributed by atoms with Crippen LogP contribution in [0.2, 0.25) is 0 Å². The second kappa shape index (κ2) is 13.4. The van der Waals surface area contributed by atoms with E-state index < -0.39 is 0 Å². The Morgan fingerprint density at radius 2 is 0.648 bits per heavy atom. The van der Waals surface area contributed by atoms with Crippen LogP contribution < -0.4 is 0 Å². The van der Waals surface area contributed by atoms with Crippen molar-refractivity contribution in [2.45, 2.75) is 0 Å². The standard InChI is InChI=1S/C51H33N3/c1-3-15-34(16-4-1)39-21-13-22-40(33-39)51-53-49(37-18-5-2-6-19-37)52-50(54-51)38-31-29-36(30-32-38)47-43-24-9-11-26-45(43)48(46-27-12-10-25-44(46)47)42-28-14-20-35-17-7-8-23-41(35)42/h1-33H. The Morgan fingerprint density at radius 1 is 0.241 bits per heavy atom. The largest absolute Gasteiger partial charge is 0.208 e. The van der Waals surface area contributed by atoms with E-state index in [1.807, 2.05) is 36.4 Å². The van der Waals surface area contributed by atoms with Gasteiger partial charge >= 0.3 is 0 Å². The number of rotatable bonds is 6. The minimum Gasteiger partial charge on any atom is -0.208 e. The van der Waals surface area contributed by atoms with Gasteiger partial charge in [0.25, 0.3) is 0 Å². The molecule has 1 aromatic heterocycles. The highest BCUT2D eigenvalue weighted by Gasteiger charge is 2.19. The van der Waals surface area contributed by atoms with Crippen LogP contribution in [0, 0.1) is 0 Å². The van der Waals surface area contributed by atoms with E-state index in [0.717, 1.165) is 33.4 Å². The summed E-state index contributed by atoms with van der Waals surface area (Å²) in [5.74, 6) is 1.92. The molecule has 1 heterocycles. The highest BCUT2D eigenvalue weighted by Crippen LogP contribution is 2.45. The summed E-state index contributed by atoms with van der Waals surface area (Å²) in [7, 11) is 0. The van der Waals surface area contributed by atoms with Crippen molar-refractivity contribution in [3.05, 3.63) is 200 Å². The van der Waals surface area contributed by atoms with Crippen LogP contribution in [0.3, 0.4) is 0 Å². The van der Waals surface area contributed by atoms with Crippen molar-refractivity contribution in [3.63, 3.8) is 0 Å².